The smallest absolute Gasteiger partial charge is 0.153 e. The molecule has 0 amide bonds. The molecule has 0 aliphatic heterocycles. The highest BCUT2D eigenvalue weighted by Crippen LogP contribution is 2.13. The van der Waals surface area contributed by atoms with Crippen LogP contribution in [0.15, 0.2) is 24.3 Å². The number of hydrogen-bond donors (Lipinski definition) is 1. The molecular weight excluding hydrogens is 246 g/mol. The summed E-state index contributed by atoms with van der Waals surface area (Å²) in [6.07, 6.45) is 0. The summed E-state index contributed by atoms with van der Waals surface area (Å²) in [4.78, 5) is 0. The van der Waals surface area contributed by atoms with Gasteiger partial charge in [-0.3, -0.25) is 0 Å². The molecule has 0 radical (unpaired) electrons. The summed E-state index contributed by atoms with van der Waals surface area (Å²) in [6, 6.07) is 8.43. The van der Waals surface area contributed by atoms with Gasteiger partial charge in [-0.05, 0) is 33.3 Å². The van der Waals surface area contributed by atoms with E-state index in [1.54, 1.807) is 13.8 Å². The van der Waals surface area contributed by atoms with Crippen molar-refractivity contribution >= 4 is 9.84 Å². The van der Waals surface area contributed by atoms with Crippen molar-refractivity contribution in [1.29, 1.82) is 0 Å². The summed E-state index contributed by atoms with van der Waals surface area (Å²) in [5.41, 5.74) is 2.41. The predicted molar refractivity (Wildman–Crippen MR) is 76.5 cm³/mol. The first kappa shape index (κ1) is 15.2. The Labute approximate surface area is 111 Å². The number of aryl methyl sites for hydroxylation is 1. The van der Waals surface area contributed by atoms with E-state index in [1.807, 2.05) is 6.07 Å². The van der Waals surface area contributed by atoms with Crippen LogP contribution in [0.25, 0.3) is 0 Å². The minimum absolute atomic E-state index is 0.173. The van der Waals surface area contributed by atoms with Gasteiger partial charge in [0.2, 0.25) is 0 Å². The molecule has 0 spiro atoms. The van der Waals surface area contributed by atoms with Gasteiger partial charge in [-0.25, -0.2) is 8.42 Å². The van der Waals surface area contributed by atoms with Crippen molar-refractivity contribution < 1.29 is 8.42 Å². The monoisotopic (exact) mass is 269 g/mol. The van der Waals surface area contributed by atoms with Crippen LogP contribution in [0, 0.1) is 6.92 Å². The molecule has 0 aliphatic carbocycles. The van der Waals surface area contributed by atoms with Crippen molar-refractivity contribution in [2.75, 3.05) is 12.3 Å². The summed E-state index contributed by atoms with van der Waals surface area (Å²) in [7, 11) is -2.95. The summed E-state index contributed by atoms with van der Waals surface area (Å²) >= 11 is 0. The molecule has 0 unspecified atom stereocenters. The zero-order chi connectivity index (χ0) is 13.8. The second-order valence-electron chi connectivity index (χ2n) is 5.01. The SMILES string of the molecule is Cc1cccc([C@H](C)NCCS(=O)(=O)C(C)C)c1. The third kappa shape index (κ3) is 4.42. The van der Waals surface area contributed by atoms with E-state index in [-0.39, 0.29) is 17.0 Å². The van der Waals surface area contributed by atoms with Crippen molar-refractivity contribution in [3.05, 3.63) is 35.4 Å². The summed E-state index contributed by atoms with van der Waals surface area (Å²) in [5.74, 6) is 0.195. The molecule has 1 aromatic rings. The molecule has 0 saturated carbocycles. The van der Waals surface area contributed by atoms with Gasteiger partial charge in [0.1, 0.15) is 0 Å². The maximum absolute atomic E-state index is 11.7. The van der Waals surface area contributed by atoms with E-state index < -0.39 is 9.84 Å². The summed E-state index contributed by atoms with van der Waals surface area (Å²) in [6.45, 7) is 8.05. The molecule has 1 atom stereocenters. The molecule has 1 N–H and O–H groups in total. The fourth-order valence-corrected chi connectivity index (χ4v) is 2.58. The van der Waals surface area contributed by atoms with Crippen LogP contribution in [0.2, 0.25) is 0 Å². The topological polar surface area (TPSA) is 46.2 Å². The standard InChI is InChI=1S/C14H23NO2S/c1-11(2)18(16,17)9-8-15-13(4)14-7-5-6-12(3)10-14/h5-7,10-11,13,15H,8-9H2,1-4H3/t13-/m0/s1. The normalized spacial score (nSPS) is 13.8. The maximum atomic E-state index is 11.7. The third-order valence-electron chi connectivity index (χ3n) is 3.10. The van der Waals surface area contributed by atoms with Crippen molar-refractivity contribution in [3.63, 3.8) is 0 Å². The molecule has 0 saturated heterocycles. The zero-order valence-electron chi connectivity index (χ0n) is 11.6. The molecule has 0 aromatic heterocycles. The number of rotatable bonds is 6. The minimum Gasteiger partial charge on any atom is -0.309 e. The Bertz CT molecular complexity index is 480. The average molecular weight is 269 g/mol. The van der Waals surface area contributed by atoms with Gasteiger partial charge in [-0.1, -0.05) is 29.8 Å². The Morgan fingerprint density at radius 2 is 1.89 bits per heavy atom. The van der Waals surface area contributed by atoms with E-state index >= 15 is 0 Å². The lowest BCUT2D eigenvalue weighted by atomic mass is 10.1. The third-order valence-corrected chi connectivity index (χ3v) is 5.31. The largest absolute Gasteiger partial charge is 0.309 e. The first-order chi connectivity index (χ1) is 8.33. The van der Waals surface area contributed by atoms with Gasteiger partial charge >= 0.3 is 0 Å². The van der Waals surface area contributed by atoms with Crippen LogP contribution in [0.5, 0.6) is 0 Å². The van der Waals surface area contributed by atoms with Crippen molar-refractivity contribution in [2.45, 2.75) is 39.0 Å². The van der Waals surface area contributed by atoms with E-state index in [4.69, 9.17) is 0 Å². The molecule has 0 aliphatic rings. The number of benzene rings is 1. The Morgan fingerprint density at radius 1 is 1.22 bits per heavy atom. The van der Waals surface area contributed by atoms with Gasteiger partial charge in [-0.15, -0.1) is 0 Å². The van der Waals surface area contributed by atoms with Crippen molar-refractivity contribution in [1.82, 2.24) is 5.32 Å². The Balaban J connectivity index is 2.50. The van der Waals surface area contributed by atoms with Crippen LogP contribution in [0.3, 0.4) is 0 Å². The van der Waals surface area contributed by atoms with Gasteiger partial charge in [0.15, 0.2) is 9.84 Å². The number of nitrogens with one attached hydrogen (secondary N) is 1. The molecule has 0 fully saturated rings. The number of hydrogen-bond acceptors (Lipinski definition) is 3. The highest BCUT2D eigenvalue weighted by molar-refractivity contribution is 7.92. The molecule has 102 valence electrons. The first-order valence-electron chi connectivity index (χ1n) is 6.34. The molecule has 0 bridgehead atoms. The van der Waals surface area contributed by atoms with Gasteiger partial charge in [-0.2, -0.15) is 0 Å². The quantitative estimate of drug-likeness (QED) is 0.863. The minimum atomic E-state index is -2.95. The van der Waals surface area contributed by atoms with Crippen LogP contribution in [0.1, 0.15) is 37.9 Å². The van der Waals surface area contributed by atoms with Crippen LogP contribution in [-0.2, 0) is 9.84 Å². The van der Waals surface area contributed by atoms with Crippen LogP contribution < -0.4 is 5.32 Å². The lowest BCUT2D eigenvalue weighted by Crippen LogP contribution is -2.29. The van der Waals surface area contributed by atoms with Gasteiger partial charge in [0, 0.05) is 12.6 Å². The molecule has 18 heavy (non-hydrogen) atoms. The van der Waals surface area contributed by atoms with Crippen LogP contribution >= 0.6 is 0 Å². The molecule has 3 nitrogen and oxygen atoms in total. The lowest BCUT2D eigenvalue weighted by molar-refractivity contribution is 0.566. The number of sulfone groups is 1. The fourth-order valence-electron chi connectivity index (χ4n) is 1.71. The van der Waals surface area contributed by atoms with Gasteiger partial charge in [0.05, 0.1) is 11.0 Å². The fraction of sp³-hybridized carbons (Fsp3) is 0.571. The summed E-state index contributed by atoms with van der Waals surface area (Å²) < 4.78 is 23.3. The van der Waals surface area contributed by atoms with E-state index in [1.165, 1.54) is 11.1 Å². The maximum Gasteiger partial charge on any atom is 0.153 e. The van der Waals surface area contributed by atoms with E-state index in [2.05, 4.69) is 37.4 Å². The van der Waals surface area contributed by atoms with Gasteiger partial charge < -0.3 is 5.32 Å². The second-order valence-corrected chi connectivity index (χ2v) is 7.68. The van der Waals surface area contributed by atoms with Gasteiger partial charge in [0.25, 0.3) is 0 Å². The molecule has 4 heteroatoms. The lowest BCUT2D eigenvalue weighted by Gasteiger charge is -2.15. The average Bonchev–Trinajstić information content (AvgIpc) is 2.28. The Kier molecular flexibility index (Phi) is 5.35. The Morgan fingerprint density at radius 3 is 2.44 bits per heavy atom. The van der Waals surface area contributed by atoms with E-state index in [0.29, 0.717) is 6.54 Å². The van der Waals surface area contributed by atoms with Crippen LogP contribution in [-0.4, -0.2) is 26.0 Å². The van der Waals surface area contributed by atoms with Crippen molar-refractivity contribution in [2.24, 2.45) is 0 Å². The molecular formula is C14H23NO2S. The van der Waals surface area contributed by atoms with Crippen LogP contribution in [0.4, 0.5) is 0 Å². The van der Waals surface area contributed by atoms with E-state index in [9.17, 15) is 8.42 Å². The highest BCUT2D eigenvalue weighted by atomic mass is 32.2. The zero-order valence-corrected chi connectivity index (χ0v) is 12.4. The van der Waals surface area contributed by atoms with Crippen molar-refractivity contribution in [3.8, 4) is 0 Å². The van der Waals surface area contributed by atoms with E-state index in [0.717, 1.165) is 0 Å². The molecule has 1 rings (SSSR count). The predicted octanol–water partition coefficient (Wildman–Crippen LogP) is 2.47. The second kappa shape index (κ2) is 6.34. The summed E-state index contributed by atoms with van der Waals surface area (Å²) in [5, 5.41) is 2.96. The highest BCUT2D eigenvalue weighted by Gasteiger charge is 2.15. The molecule has 0 heterocycles. The first-order valence-corrected chi connectivity index (χ1v) is 8.06. The molecule has 1 aromatic carbocycles. The Hall–Kier alpha value is -0.870.